The van der Waals surface area contributed by atoms with Crippen LogP contribution in [0.4, 0.5) is 0 Å². The van der Waals surface area contributed by atoms with E-state index in [2.05, 4.69) is 10.1 Å². The fourth-order valence-electron chi connectivity index (χ4n) is 0.805. The summed E-state index contributed by atoms with van der Waals surface area (Å²) in [6.45, 7) is 1.87. The number of rotatable bonds is 5. The molecule has 0 aliphatic rings. The zero-order chi connectivity index (χ0) is 11.9. The van der Waals surface area contributed by atoms with E-state index in [4.69, 9.17) is 0 Å². The number of nitrogens with one attached hydrogen (secondary N) is 1. The van der Waals surface area contributed by atoms with E-state index in [1.165, 1.54) is 0 Å². The summed E-state index contributed by atoms with van der Waals surface area (Å²) in [6, 6.07) is 0. The van der Waals surface area contributed by atoms with Crippen LogP contribution in [0.5, 0.6) is 0 Å². The third-order valence-corrected chi connectivity index (χ3v) is 2.47. The summed E-state index contributed by atoms with van der Waals surface area (Å²) in [7, 11) is -3.02. The number of amides is 1. The van der Waals surface area contributed by atoms with E-state index in [1.807, 2.05) is 0 Å². The van der Waals surface area contributed by atoms with E-state index in [0.29, 0.717) is 0 Å². The quantitative estimate of drug-likeness (QED) is 0.380. The van der Waals surface area contributed by atoms with Crippen molar-refractivity contribution in [2.45, 2.75) is 13.3 Å². The zero-order valence-corrected chi connectivity index (χ0v) is 9.59. The molecule has 0 aliphatic carbocycles. The highest BCUT2D eigenvalue weighted by Gasteiger charge is 2.13. The minimum absolute atomic E-state index is 0.0178. The van der Waals surface area contributed by atoms with E-state index in [0.717, 1.165) is 6.26 Å². The Morgan fingerprint density at radius 2 is 1.93 bits per heavy atom. The third-order valence-electron chi connectivity index (χ3n) is 1.44. The van der Waals surface area contributed by atoms with Crippen molar-refractivity contribution in [2.24, 2.45) is 0 Å². The standard InChI is InChI=1S/C8H15NO5S/c1-3-14-8(11)7(10)9-5-4-6-15(2,12)13/h3-6H2,1-2H3,(H,9,10). The highest BCUT2D eigenvalue weighted by atomic mass is 32.2. The van der Waals surface area contributed by atoms with Gasteiger partial charge >= 0.3 is 11.9 Å². The van der Waals surface area contributed by atoms with Crippen LogP contribution in [0.15, 0.2) is 0 Å². The number of ether oxygens (including phenoxy) is 1. The summed E-state index contributed by atoms with van der Waals surface area (Å²) in [5, 5.41) is 2.26. The van der Waals surface area contributed by atoms with Gasteiger partial charge in [0, 0.05) is 12.8 Å². The normalized spacial score (nSPS) is 10.8. The van der Waals surface area contributed by atoms with Crippen LogP contribution in [-0.4, -0.2) is 45.5 Å². The predicted octanol–water partition coefficient (Wildman–Crippen LogP) is -0.900. The monoisotopic (exact) mass is 237 g/mol. The van der Waals surface area contributed by atoms with Crippen molar-refractivity contribution in [1.82, 2.24) is 5.32 Å². The van der Waals surface area contributed by atoms with Crippen LogP contribution in [0.2, 0.25) is 0 Å². The lowest BCUT2D eigenvalue weighted by molar-refractivity contribution is -0.154. The Morgan fingerprint density at radius 1 is 1.33 bits per heavy atom. The Balaban J connectivity index is 3.69. The molecule has 7 heteroatoms. The molecule has 0 radical (unpaired) electrons. The summed E-state index contributed by atoms with van der Waals surface area (Å²) in [5.41, 5.74) is 0. The van der Waals surface area contributed by atoms with E-state index < -0.39 is 21.7 Å². The minimum Gasteiger partial charge on any atom is -0.459 e. The SMILES string of the molecule is CCOC(=O)C(=O)NCCCS(C)(=O)=O. The highest BCUT2D eigenvalue weighted by molar-refractivity contribution is 7.90. The smallest absolute Gasteiger partial charge is 0.396 e. The molecule has 0 aromatic carbocycles. The summed E-state index contributed by atoms with van der Waals surface area (Å²) >= 11 is 0. The molecule has 0 rings (SSSR count). The van der Waals surface area contributed by atoms with Gasteiger partial charge in [-0.15, -0.1) is 0 Å². The van der Waals surface area contributed by atoms with Crippen LogP contribution in [0, 0.1) is 0 Å². The zero-order valence-electron chi connectivity index (χ0n) is 8.78. The molecule has 0 spiro atoms. The van der Waals surface area contributed by atoms with Crippen LogP contribution in [-0.2, 0) is 24.2 Å². The average Bonchev–Trinajstić information content (AvgIpc) is 2.11. The molecule has 0 saturated carbocycles. The topological polar surface area (TPSA) is 89.5 Å². The predicted molar refractivity (Wildman–Crippen MR) is 54.0 cm³/mol. The van der Waals surface area contributed by atoms with Crippen LogP contribution in [0.1, 0.15) is 13.3 Å². The molecule has 0 bridgehead atoms. The Morgan fingerprint density at radius 3 is 2.40 bits per heavy atom. The van der Waals surface area contributed by atoms with Crippen LogP contribution in [0.3, 0.4) is 0 Å². The maximum absolute atomic E-state index is 10.9. The molecule has 0 aliphatic heterocycles. The Bertz CT molecular complexity index is 322. The van der Waals surface area contributed by atoms with Crippen molar-refractivity contribution >= 4 is 21.7 Å². The van der Waals surface area contributed by atoms with Gasteiger partial charge in [-0.2, -0.15) is 0 Å². The fourth-order valence-corrected chi connectivity index (χ4v) is 1.47. The van der Waals surface area contributed by atoms with Crippen molar-refractivity contribution in [3.8, 4) is 0 Å². The van der Waals surface area contributed by atoms with Gasteiger partial charge in [0.15, 0.2) is 0 Å². The van der Waals surface area contributed by atoms with Crippen LogP contribution < -0.4 is 5.32 Å². The van der Waals surface area contributed by atoms with Gasteiger partial charge in [-0.25, -0.2) is 13.2 Å². The first kappa shape index (κ1) is 13.9. The second-order valence-corrected chi connectivity index (χ2v) is 5.22. The lowest BCUT2D eigenvalue weighted by Gasteiger charge is -2.03. The maximum Gasteiger partial charge on any atom is 0.396 e. The molecule has 6 nitrogen and oxygen atoms in total. The van der Waals surface area contributed by atoms with Crippen molar-refractivity contribution in [3.05, 3.63) is 0 Å². The van der Waals surface area contributed by atoms with Gasteiger partial charge in [-0.05, 0) is 13.3 Å². The van der Waals surface area contributed by atoms with Crippen LogP contribution in [0.25, 0.3) is 0 Å². The van der Waals surface area contributed by atoms with Crippen molar-refractivity contribution in [2.75, 3.05) is 25.2 Å². The number of esters is 1. The van der Waals surface area contributed by atoms with Crippen molar-refractivity contribution in [3.63, 3.8) is 0 Å². The van der Waals surface area contributed by atoms with E-state index in [1.54, 1.807) is 6.92 Å². The first-order chi connectivity index (χ1) is 6.87. The fraction of sp³-hybridized carbons (Fsp3) is 0.750. The number of hydrogen-bond acceptors (Lipinski definition) is 5. The molecule has 0 aromatic rings. The molecule has 0 saturated heterocycles. The van der Waals surface area contributed by atoms with Gasteiger partial charge in [0.2, 0.25) is 0 Å². The van der Waals surface area contributed by atoms with Crippen molar-refractivity contribution in [1.29, 1.82) is 0 Å². The van der Waals surface area contributed by atoms with Gasteiger partial charge in [-0.3, -0.25) is 4.79 Å². The molecule has 1 N–H and O–H groups in total. The summed E-state index contributed by atoms with van der Waals surface area (Å²) in [4.78, 5) is 21.7. The lowest BCUT2D eigenvalue weighted by atomic mass is 10.4. The molecule has 0 fully saturated rings. The Hall–Kier alpha value is -1.11. The van der Waals surface area contributed by atoms with Gasteiger partial charge in [0.1, 0.15) is 9.84 Å². The first-order valence-electron chi connectivity index (χ1n) is 4.49. The molecule has 1 amide bonds. The van der Waals surface area contributed by atoms with Gasteiger partial charge in [0.05, 0.1) is 12.4 Å². The molecule has 0 unspecified atom stereocenters. The van der Waals surface area contributed by atoms with Crippen molar-refractivity contribution < 1.29 is 22.7 Å². The number of hydrogen-bond donors (Lipinski definition) is 1. The summed E-state index contributed by atoms with van der Waals surface area (Å²) < 4.78 is 25.8. The number of carbonyl (C=O) groups is 2. The molecule has 0 heterocycles. The number of sulfone groups is 1. The Kier molecular flexibility index (Phi) is 5.92. The van der Waals surface area contributed by atoms with E-state index >= 15 is 0 Å². The largest absolute Gasteiger partial charge is 0.459 e. The molecule has 15 heavy (non-hydrogen) atoms. The van der Waals surface area contributed by atoms with Gasteiger partial charge < -0.3 is 10.1 Å². The molecule has 0 atom stereocenters. The second-order valence-electron chi connectivity index (χ2n) is 2.96. The average molecular weight is 237 g/mol. The van der Waals surface area contributed by atoms with Gasteiger partial charge in [0.25, 0.3) is 0 Å². The minimum atomic E-state index is -3.02. The van der Waals surface area contributed by atoms with E-state index in [9.17, 15) is 18.0 Å². The summed E-state index contributed by atoms with van der Waals surface area (Å²) in [6.07, 6.45) is 1.39. The lowest BCUT2D eigenvalue weighted by Crippen LogP contribution is -2.33. The second kappa shape index (κ2) is 6.39. The molecular weight excluding hydrogens is 222 g/mol. The van der Waals surface area contributed by atoms with E-state index in [-0.39, 0.29) is 25.3 Å². The molecular formula is C8H15NO5S. The molecule has 88 valence electrons. The molecule has 0 aromatic heterocycles. The third kappa shape index (κ3) is 7.92. The maximum atomic E-state index is 10.9. The van der Waals surface area contributed by atoms with Gasteiger partial charge in [-0.1, -0.05) is 0 Å². The highest BCUT2D eigenvalue weighted by Crippen LogP contribution is 1.87. The van der Waals surface area contributed by atoms with Crippen LogP contribution >= 0.6 is 0 Å². The number of carbonyl (C=O) groups excluding carboxylic acids is 2. The first-order valence-corrected chi connectivity index (χ1v) is 6.55. The summed E-state index contributed by atoms with van der Waals surface area (Å²) in [5.74, 6) is -1.81. The Labute approximate surface area is 88.9 Å².